The van der Waals surface area contributed by atoms with Crippen molar-refractivity contribution in [1.29, 1.82) is 0 Å². The highest BCUT2D eigenvalue weighted by Crippen LogP contribution is 2.32. The number of nitrogens with zero attached hydrogens (tertiary/aromatic N) is 1. The number of nitrogen functional groups attached to an aromatic ring is 1. The maximum atomic E-state index is 12.4. The number of H-pyrrole nitrogens is 1. The van der Waals surface area contributed by atoms with Gasteiger partial charge in [0.15, 0.2) is 5.82 Å². The van der Waals surface area contributed by atoms with E-state index in [-0.39, 0.29) is 0 Å². The van der Waals surface area contributed by atoms with Crippen LogP contribution in [0.1, 0.15) is 0 Å². The standard InChI is InChI=1S/C21H18ClN5O2/c1-29-18-10-7-13(22)11-17(18)25-21(28)24-14-8-5-12(6-9-14)15-3-2-4-16-19(15)20(23)27-26-16/h2-11H,1H3,(H3,23,26,27)(H2,24,25,28). The summed E-state index contributed by atoms with van der Waals surface area (Å²) in [5.41, 5.74) is 9.91. The number of halogens is 1. The lowest BCUT2D eigenvalue weighted by molar-refractivity contribution is 0.262. The first-order valence-electron chi connectivity index (χ1n) is 8.79. The number of carbonyl (C=O) groups excluding carboxylic acids is 1. The van der Waals surface area contributed by atoms with Crippen LogP contribution in [0.15, 0.2) is 60.7 Å². The second-order valence-corrected chi connectivity index (χ2v) is 6.77. The molecule has 8 heteroatoms. The molecule has 0 fully saturated rings. The fraction of sp³-hybridized carbons (Fsp3) is 0.0476. The van der Waals surface area contributed by atoms with Crippen LogP contribution < -0.4 is 21.1 Å². The number of rotatable bonds is 4. The normalized spacial score (nSPS) is 10.7. The maximum absolute atomic E-state index is 12.4. The highest BCUT2D eigenvalue weighted by molar-refractivity contribution is 6.31. The number of benzene rings is 3. The Morgan fingerprint density at radius 2 is 1.90 bits per heavy atom. The number of nitrogens with one attached hydrogen (secondary N) is 3. The number of aromatic amines is 1. The largest absolute Gasteiger partial charge is 0.495 e. The van der Waals surface area contributed by atoms with E-state index in [2.05, 4.69) is 20.8 Å². The first-order valence-corrected chi connectivity index (χ1v) is 9.17. The smallest absolute Gasteiger partial charge is 0.323 e. The van der Waals surface area contributed by atoms with Gasteiger partial charge in [-0.1, -0.05) is 35.9 Å². The van der Waals surface area contributed by atoms with Crippen molar-refractivity contribution in [3.8, 4) is 16.9 Å². The predicted octanol–water partition coefficient (Wildman–Crippen LogP) is 5.12. The van der Waals surface area contributed by atoms with Crippen LogP contribution in [0.2, 0.25) is 5.02 Å². The minimum atomic E-state index is -0.403. The van der Waals surface area contributed by atoms with Gasteiger partial charge in [0.2, 0.25) is 0 Å². The number of aromatic nitrogens is 2. The lowest BCUT2D eigenvalue weighted by atomic mass is 10.0. The Morgan fingerprint density at radius 3 is 2.66 bits per heavy atom. The van der Waals surface area contributed by atoms with E-state index in [1.54, 1.807) is 18.2 Å². The van der Waals surface area contributed by atoms with E-state index in [0.717, 1.165) is 22.0 Å². The molecule has 4 aromatic rings. The molecule has 0 unspecified atom stereocenters. The maximum Gasteiger partial charge on any atom is 0.323 e. The van der Waals surface area contributed by atoms with Gasteiger partial charge in [-0.25, -0.2) is 4.79 Å². The third kappa shape index (κ3) is 3.81. The Labute approximate surface area is 171 Å². The van der Waals surface area contributed by atoms with E-state index >= 15 is 0 Å². The summed E-state index contributed by atoms with van der Waals surface area (Å²) in [7, 11) is 1.53. The topological polar surface area (TPSA) is 105 Å². The number of anilines is 3. The highest BCUT2D eigenvalue weighted by Gasteiger charge is 2.11. The van der Waals surface area contributed by atoms with E-state index in [4.69, 9.17) is 22.1 Å². The molecule has 0 aliphatic carbocycles. The lowest BCUT2D eigenvalue weighted by Crippen LogP contribution is -2.19. The first kappa shape index (κ1) is 18.6. The number of nitrogens with two attached hydrogens (primary N) is 1. The van der Waals surface area contributed by atoms with E-state index < -0.39 is 6.03 Å². The molecule has 7 nitrogen and oxygen atoms in total. The van der Waals surface area contributed by atoms with Gasteiger partial charge in [0.25, 0.3) is 0 Å². The van der Waals surface area contributed by atoms with Crippen LogP contribution in [0.5, 0.6) is 5.75 Å². The monoisotopic (exact) mass is 407 g/mol. The summed E-state index contributed by atoms with van der Waals surface area (Å²) in [6, 6.07) is 17.9. The minimum absolute atomic E-state index is 0.403. The molecule has 0 bridgehead atoms. The van der Waals surface area contributed by atoms with Gasteiger partial charge >= 0.3 is 6.03 Å². The number of hydrogen-bond donors (Lipinski definition) is 4. The first-order chi connectivity index (χ1) is 14.0. The summed E-state index contributed by atoms with van der Waals surface area (Å²) < 4.78 is 5.24. The van der Waals surface area contributed by atoms with Crippen molar-refractivity contribution in [3.05, 3.63) is 65.7 Å². The lowest BCUT2D eigenvalue weighted by Gasteiger charge is -2.12. The summed E-state index contributed by atoms with van der Waals surface area (Å²) in [6.07, 6.45) is 0. The number of fused-ring (bicyclic) bond motifs is 1. The Morgan fingerprint density at radius 1 is 1.10 bits per heavy atom. The van der Waals surface area contributed by atoms with Crippen molar-refractivity contribution in [2.24, 2.45) is 0 Å². The molecule has 0 saturated heterocycles. The fourth-order valence-electron chi connectivity index (χ4n) is 3.13. The number of urea groups is 1. The molecule has 0 radical (unpaired) electrons. The van der Waals surface area contributed by atoms with Crippen LogP contribution in [0.3, 0.4) is 0 Å². The number of methoxy groups -OCH3 is 1. The molecule has 29 heavy (non-hydrogen) atoms. The van der Waals surface area contributed by atoms with Crippen LogP contribution in [-0.4, -0.2) is 23.3 Å². The van der Waals surface area contributed by atoms with Crippen LogP contribution in [0.4, 0.5) is 22.0 Å². The van der Waals surface area contributed by atoms with E-state index in [9.17, 15) is 4.79 Å². The second kappa shape index (κ2) is 7.73. The van der Waals surface area contributed by atoms with Gasteiger partial charge in [-0.3, -0.25) is 5.10 Å². The number of amides is 2. The third-order valence-corrected chi connectivity index (χ3v) is 4.72. The van der Waals surface area contributed by atoms with Crippen molar-refractivity contribution in [3.63, 3.8) is 0 Å². The molecule has 1 heterocycles. The Bertz CT molecular complexity index is 1190. The second-order valence-electron chi connectivity index (χ2n) is 6.34. The number of ether oxygens (including phenoxy) is 1. The Balaban J connectivity index is 1.52. The van der Waals surface area contributed by atoms with Crippen molar-refractivity contribution in [1.82, 2.24) is 10.2 Å². The summed E-state index contributed by atoms with van der Waals surface area (Å²) in [5.74, 6) is 0.971. The third-order valence-electron chi connectivity index (χ3n) is 4.48. The average molecular weight is 408 g/mol. The van der Waals surface area contributed by atoms with Crippen LogP contribution in [0.25, 0.3) is 22.0 Å². The van der Waals surface area contributed by atoms with Gasteiger partial charge in [0.05, 0.1) is 23.7 Å². The molecule has 2 amide bonds. The number of carbonyl (C=O) groups is 1. The van der Waals surface area contributed by atoms with Crippen LogP contribution in [0, 0.1) is 0 Å². The number of hydrogen-bond acceptors (Lipinski definition) is 4. The van der Waals surface area contributed by atoms with Gasteiger partial charge < -0.3 is 21.1 Å². The predicted molar refractivity (Wildman–Crippen MR) is 117 cm³/mol. The van der Waals surface area contributed by atoms with E-state index in [1.165, 1.54) is 7.11 Å². The summed E-state index contributed by atoms with van der Waals surface area (Å²) >= 11 is 5.99. The fourth-order valence-corrected chi connectivity index (χ4v) is 3.31. The van der Waals surface area contributed by atoms with Gasteiger partial charge in [0.1, 0.15) is 5.75 Å². The zero-order valence-corrected chi connectivity index (χ0v) is 16.2. The zero-order valence-electron chi connectivity index (χ0n) is 15.5. The van der Waals surface area contributed by atoms with Gasteiger partial charge in [-0.05, 0) is 47.5 Å². The van der Waals surface area contributed by atoms with Crippen molar-refractivity contribution in [2.75, 3.05) is 23.5 Å². The molecule has 3 aromatic carbocycles. The molecule has 0 aliphatic heterocycles. The van der Waals surface area contributed by atoms with Gasteiger partial charge in [-0.2, -0.15) is 5.10 Å². The van der Waals surface area contributed by atoms with Crippen molar-refractivity contribution >= 4 is 45.7 Å². The van der Waals surface area contributed by atoms with E-state index in [1.807, 2.05) is 42.5 Å². The molecule has 0 spiro atoms. The van der Waals surface area contributed by atoms with Crippen molar-refractivity contribution in [2.45, 2.75) is 0 Å². The Hall–Kier alpha value is -3.71. The molecule has 0 atom stereocenters. The average Bonchev–Trinajstić information content (AvgIpc) is 3.10. The molecular formula is C21H18ClN5O2. The SMILES string of the molecule is COc1ccc(Cl)cc1NC(=O)Nc1ccc(-c2cccc3[nH]nc(N)c23)cc1. The quantitative estimate of drug-likeness (QED) is 0.377. The van der Waals surface area contributed by atoms with Crippen LogP contribution in [-0.2, 0) is 0 Å². The minimum Gasteiger partial charge on any atom is -0.495 e. The molecule has 5 N–H and O–H groups in total. The molecule has 1 aromatic heterocycles. The van der Waals surface area contributed by atoms with Gasteiger partial charge in [-0.15, -0.1) is 0 Å². The summed E-state index contributed by atoms with van der Waals surface area (Å²) in [4.78, 5) is 12.4. The van der Waals surface area contributed by atoms with E-state index in [0.29, 0.717) is 28.0 Å². The van der Waals surface area contributed by atoms with Crippen molar-refractivity contribution < 1.29 is 9.53 Å². The molecule has 146 valence electrons. The highest BCUT2D eigenvalue weighted by atomic mass is 35.5. The van der Waals surface area contributed by atoms with Gasteiger partial charge in [0, 0.05) is 10.7 Å². The summed E-state index contributed by atoms with van der Waals surface area (Å²) in [6.45, 7) is 0. The zero-order chi connectivity index (χ0) is 20.4. The summed E-state index contributed by atoms with van der Waals surface area (Å²) in [5, 5.41) is 13.9. The molecule has 0 saturated carbocycles. The van der Waals surface area contributed by atoms with Crippen LogP contribution >= 0.6 is 11.6 Å². The Kier molecular flexibility index (Phi) is 4.97. The molecule has 4 rings (SSSR count). The molecular weight excluding hydrogens is 390 g/mol. The molecule has 0 aliphatic rings.